The Morgan fingerprint density at radius 3 is 2.79 bits per heavy atom. The summed E-state index contributed by atoms with van der Waals surface area (Å²) >= 11 is 3.46. The molecule has 0 saturated carbocycles. The number of carbonyl (C=O) groups is 1. The molecule has 4 rings (SSSR count). The van der Waals surface area contributed by atoms with Gasteiger partial charge >= 0.3 is 0 Å². The molecule has 1 aliphatic rings. The minimum atomic E-state index is -0.287. The fourth-order valence-electron chi connectivity index (χ4n) is 5.24. The Kier molecular flexibility index (Phi) is 9.23. The molecule has 2 unspecified atom stereocenters. The fraction of sp³-hybridized carbons (Fsp3) is 0.467. The van der Waals surface area contributed by atoms with E-state index < -0.39 is 0 Å². The summed E-state index contributed by atoms with van der Waals surface area (Å²) in [4.78, 5) is 34.8. The molecule has 2 aromatic heterocycles. The lowest BCUT2D eigenvalue weighted by Crippen LogP contribution is -2.51. The molecule has 1 amide bonds. The van der Waals surface area contributed by atoms with Crippen molar-refractivity contribution in [2.24, 2.45) is 10.9 Å². The molecular formula is C30H37BrN4O4. The van der Waals surface area contributed by atoms with Crippen LogP contribution in [-0.2, 0) is 14.9 Å². The zero-order valence-electron chi connectivity index (χ0n) is 23.1. The summed E-state index contributed by atoms with van der Waals surface area (Å²) in [7, 11) is 0. The Balaban J connectivity index is 1.22. The number of halogens is 1. The van der Waals surface area contributed by atoms with Crippen LogP contribution in [0.4, 0.5) is 5.69 Å². The quantitative estimate of drug-likeness (QED) is 0.209. The summed E-state index contributed by atoms with van der Waals surface area (Å²) in [6, 6.07) is 9.60. The van der Waals surface area contributed by atoms with Crippen molar-refractivity contribution >= 4 is 49.9 Å². The molecule has 1 aromatic carbocycles. The van der Waals surface area contributed by atoms with Crippen LogP contribution >= 0.6 is 15.9 Å². The number of aromatic nitrogens is 1. The van der Waals surface area contributed by atoms with E-state index in [9.17, 15) is 9.59 Å². The van der Waals surface area contributed by atoms with Gasteiger partial charge in [-0.3, -0.25) is 14.6 Å². The van der Waals surface area contributed by atoms with Crippen LogP contribution in [0.25, 0.3) is 11.0 Å². The minimum Gasteiger partial charge on any atom is -0.452 e. The van der Waals surface area contributed by atoms with Gasteiger partial charge in [-0.25, -0.2) is 0 Å². The number of nitrogens with zero attached hydrogens (tertiary/aromatic N) is 2. The van der Waals surface area contributed by atoms with Gasteiger partial charge in [-0.15, -0.1) is 0 Å². The Bertz CT molecular complexity index is 1440. The highest BCUT2D eigenvalue weighted by Crippen LogP contribution is 2.38. The van der Waals surface area contributed by atoms with Crippen LogP contribution in [0, 0.1) is 11.3 Å². The van der Waals surface area contributed by atoms with Gasteiger partial charge in [0, 0.05) is 52.4 Å². The van der Waals surface area contributed by atoms with E-state index in [4.69, 9.17) is 19.6 Å². The SMILES string of the molecule is CC(=N)c1oc2ccccc2c1N=C(C)CCCOCCC(=O)N1CCC(C)(c2cc(Br)c[nH]c2=O)C(C)C1. The van der Waals surface area contributed by atoms with Crippen LogP contribution in [0.1, 0.15) is 64.7 Å². The minimum absolute atomic E-state index is 0.0654. The van der Waals surface area contributed by atoms with Gasteiger partial charge in [-0.2, -0.15) is 0 Å². The smallest absolute Gasteiger partial charge is 0.251 e. The number of para-hydroxylation sites is 1. The number of hydrogen-bond donors (Lipinski definition) is 2. The molecule has 0 spiro atoms. The number of amides is 1. The molecule has 2 atom stereocenters. The van der Waals surface area contributed by atoms with Crippen LogP contribution in [0.5, 0.6) is 0 Å². The van der Waals surface area contributed by atoms with Gasteiger partial charge in [0.2, 0.25) is 5.91 Å². The van der Waals surface area contributed by atoms with Crippen molar-refractivity contribution in [2.45, 2.75) is 58.8 Å². The average Bonchev–Trinajstić information content (AvgIpc) is 3.27. The maximum atomic E-state index is 12.9. The zero-order chi connectivity index (χ0) is 28.2. The Morgan fingerprint density at radius 1 is 1.28 bits per heavy atom. The Labute approximate surface area is 237 Å². The van der Waals surface area contributed by atoms with Gasteiger partial charge in [0.05, 0.1) is 18.7 Å². The maximum absolute atomic E-state index is 12.9. The van der Waals surface area contributed by atoms with Crippen molar-refractivity contribution < 1.29 is 13.9 Å². The summed E-state index contributed by atoms with van der Waals surface area (Å²) in [5, 5.41) is 8.94. The second kappa shape index (κ2) is 12.4. The number of H-pyrrole nitrogens is 1. The van der Waals surface area contributed by atoms with Crippen molar-refractivity contribution in [2.75, 3.05) is 26.3 Å². The average molecular weight is 598 g/mol. The van der Waals surface area contributed by atoms with Crippen molar-refractivity contribution in [1.82, 2.24) is 9.88 Å². The number of fused-ring (bicyclic) bond motifs is 1. The number of carbonyl (C=O) groups excluding carboxylic acids is 1. The van der Waals surface area contributed by atoms with Gasteiger partial charge < -0.3 is 24.4 Å². The number of piperidine rings is 1. The molecule has 0 aliphatic carbocycles. The molecule has 2 N–H and O–H groups in total. The van der Waals surface area contributed by atoms with E-state index in [1.54, 1.807) is 13.1 Å². The van der Waals surface area contributed by atoms with Gasteiger partial charge in [-0.1, -0.05) is 26.0 Å². The molecule has 8 nitrogen and oxygen atoms in total. The van der Waals surface area contributed by atoms with Crippen molar-refractivity contribution in [3.8, 4) is 0 Å². The normalized spacial score (nSPS) is 20.0. The first-order valence-corrected chi connectivity index (χ1v) is 14.2. The molecule has 3 aromatic rings. The predicted molar refractivity (Wildman–Crippen MR) is 159 cm³/mol. The number of rotatable bonds is 10. The van der Waals surface area contributed by atoms with Crippen molar-refractivity contribution in [1.29, 1.82) is 5.41 Å². The van der Waals surface area contributed by atoms with Crippen molar-refractivity contribution in [3.05, 3.63) is 62.7 Å². The lowest BCUT2D eigenvalue weighted by Gasteiger charge is -2.44. The second-order valence-electron chi connectivity index (χ2n) is 10.7. The van der Waals surface area contributed by atoms with Gasteiger partial charge in [0.25, 0.3) is 5.56 Å². The van der Waals surface area contributed by atoms with Crippen molar-refractivity contribution in [3.63, 3.8) is 0 Å². The number of pyridine rings is 1. The predicted octanol–water partition coefficient (Wildman–Crippen LogP) is 6.38. The highest BCUT2D eigenvalue weighted by molar-refractivity contribution is 9.10. The third kappa shape index (κ3) is 6.58. The zero-order valence-corrected chi connectivity index (χ0v) is 24.7. The number of nitrogens with one attached hydrogen (secondary N) is 2. The van der Waals surface area contributed by atoms with E-state index in [-0.39, 0.29) is 22.8 Å². The first-order valence-electron chi connectivity index (χ1n) is 13.5. The molecule has 9 heteroatoms. The lowest BCUT2D eigenvalue weighted by molar-refractivity contribution is -0.135. The molecule has 3 heterocycles. The largest absolute Gasteiger partial charge is 0.452 e. The number of furan rings is 1. The number of hydrogen-bond acceptors (Lipinski definition) is 6. The Hall–Kier alpha value is -3.04. The van der Waals surface area contributed by atoms with Gasteiger partial charge in [0.1, 0.15) is 11.3 Å². The summed E-state index contributed by atoms with van der Waals surface area (Å²) in [6.07, 6.45) is 4.28. The van der Waals surface area contributed by atoms with Gasteiger partial charge in [0.15, 0.2) is 5.76 Å². The first-order chi connectivity index (χ1) is 18.6. The summed E-state index contributed by atoms with van der Waals surface area (Å²) in [5.74, 6) is 0.741. The van der Waals surface area contributed by atoms with Crippen LogP contribution in [0.2, 0.25) is 0 Å². The number of aromatic amines is 1. The third-order valence-electron chi connectivity index (χ3n) is 7.82. The fourth-order valence-corrected chi connectivity index (χ4v) is 5.58. The molecule has 1 saturated heterocycles. The molecule has 1 fully saturated rings. The summed E-state index contributed by atoms with van der Waals surface area (Å²) in [5.41, 5.74) is 3.14. The number of likely N-dealkylation sites (tertiary alicyclic amines) is 1. The molecule has 39 heavy (non-hydrogen) atoms. The number of benzene rings is 1. The maximum Gasteiger partial charge on any atom is 0.251 e. The van der Waals surface area contributed by atoms with E-state index in [2.05, 4.69) is 34.8 Å². The van der Waals surface area contributed by atoms with Crippen LogP contribution in [0.3, 0.4) is 0 Å². The van der Waals surface area contributed by atoms with E-state index in [1.165, 1.54) is 0 Å². The van der Waals surface area contributed by atoms with E-state index in [0.717, 1.165) is 46.0 Å². The highest BCUT2D eigenvalue weighted by Gasteiger charge is 2.40. The first kappa shape index (κ1) is 29.0. The number of aliphatic imine (C=N–C) groups is 1. The molecule has 1 aliphatic heterocycles. The van der Waals surface area contributed by atoms with E-state index >= 15 is 0 Å². The third-order valence-corrected chi connectivity index (χ3v) is 8.28. The lowest BCUT2D eigenvalue weighted by atomic mass is 9.68. The van der Waals surface area contributed by atoms with E-state index in [0.29, 0.717) is 49.9 Å². The second-order valence-corrected chi connectivity index (χ2v) is 11.6. The monoisotopic (exact) mass is 596 g/mol. The topological polar surface area (TPSA) is 112 Å². The Morgan fingerprint density at radius 2 is 2.05 bits per heavy atom. The van der Waals surface area contributed by atoms with Crippen LogP contribution in [0.15, 0.2) is 55.2 Å². The highest BCUT2D eigenvalue weighted by atomic mass is 79.9. The van der Waals surface area contributed by atoms with E-state index in [1.807, 2.05) is 42.2 Å². The molecular weight excluding hydrogens is 560 g/mol. The number of ether oxygens (including phenoxy) is 1. The van der Waals surface area contributed by atoms with Crippen LogP contribution < -0.4 is 5.56 Å². The molecule has 0 radical (unpaired) electrons. The standard InChI is InChI=1S/C30H37BrN4O4/c1-19-18-35(13-12-30(19,4)24-16-22(31)17-33-29(24)37)26(36)11-15-38-14-7-8-20(2)34-27-23-9-5-6-10-25(23)39-28(27)21(3)32/h5-6,9-10,16-17,19,32H,7-8,11-15,18H2,1-4H3,(H,33,37). The van der Waals surface area contributed by atoms with Gasteiger partial charge in [-0.05, 0) is 73.2 Å². The molecule has 208 valence electrons. The van der Waals surface area contributed by atoms with Crippen LogP contribution in [-0.4, -0.2) is 53.5 Å². The summed E-state index contributed by atoms with van der Waals surface area (Å²) in [6.45, 7) is 10.1. The summed E-state index contributed by atoms with van der Waals surface area (Å²) < 4.78 is 12.5. The molecule has 0 bridgehead atoms.